The minimum Gasteiger partial charge on any atom is -0.472 e. The maximum Gasteiger partial charge on any atom is 0.374 e. The normalized spacial score (nSPS) is 15.6. The fourth-order valence-corrected chi connectivity index (χ4v) is 2.65. The summed E-state index contributed by atoms with van der Waals surface area (Å²) in [5.74, 6) is -0.250. The molecule has 7 nitrogen and oxygen atoms in total. The minimum absolute atomic E-state index is 0.0167. The molecule has 0 saturated carbocycles. The molecule has 122 valence electrons. The quantitative estimate of drug-likeness (QED) is 0.797. The lowest BCUT2D eigenvalue weighted by molar-refractivity contribution is 0.0559. The van der Waals surface area contributed by atoms with Crippen molar-refractivity contribution in [3.8, 4) is 0 Å². The van der Waals surface area contributed by atoms with Crippen molar-refractivity contribution in [2.45, 2.75) is 6.54 Å². The van der Waals surface area contributed by atoms with Crippen molar-refractivity contribution in [3.63, 3.8) is 0 Å². The van der Waals surface area contributed by atoms with Crippen LogP contribution in [0.5, 0.6) is 0 Å². The first-order valence-corrected chi connectivity index (χ1v) is 7.37. The summed E-state index contributed by atoms with van der Waals surface area (Å²) < 4.78 is 14.8. The molecular formula is C16H18N2O5. The third-order valence-corrected chi connectivity index (χ3v) is 3.94. The summed E-state index contributed by atoms with van der Waals surface area (Å²) in [5.41, 5.74) is 1.37. The Balaban J connectivity index is 1.57. The fraction of sp³-hybridized carbons (Fsp3) is 0.375. The summed E-state index contributed by atoms with van der Waals surface area (Å²) in [4.78, 5) is 27.8. The molecule has 1 aliphatic heterocycles. The molecule has 0 spiro atoms. The van der Waals surface area contributed by atoms with Crippen LogP contribution in [0.3, 0.4) is 0 Å². The van der Waals surface area contributed by atoms with Gasteiger partial charge in [-0.05, 0) is 12.1 Å². The van der Waals surface area contributed by atoms with Crippen molar-refractivity contribution in [2.75, 3.05) is 33.3 Å². The molecule has 1 amide bonds. The summed E-state index contributed by atoms with van der Waals surface area (Å²) >= 11 is 0. The first-order valence-electron chi connectivity index (χ1n) is 7.37. The van der Waals surface area contributed by atoms with Crippen LogP contribution in [0.25, 0.3) is 0 Å². The molecule has 7 heteroatoms. The van der Waals surface area contributed by atoms with Gasteiger partial charge in [-0.2, -0.15) is 0 Å². The Morgan fingerprint density at radius 2 is 1.96 bits per heavy atom. The van der Waals surface area contributed by atoms with Crippen LogP contribution in [0.15, 0.2) is 39.8 Å². The molecule has 0 aromatic carbocycles. The Kier molecular flexibility index (Phi) is 4.47. The van der Waals surface area contributed by atoms with Crippen LogP contribution < -0.4 is 0 Å². The van der Waals surface area contributed by atoms with Crippen molar-refractivity contribution in [1.82, 2.24) is 9.80 Å². The van der Waals surface area contributed by atoms with Gasteiger partial charge in [-0.25, -0.2) is 4.79 Å². The van der Waals surface area contributed by atoms with Crippen molar-refractivity contribution in [1.29, 1.82) is 0 Å². The number of carbonyl (C=O) groups excluding carboxylic acids is 2. The molecule has 0 bridgehead atoms. The number of hydrogen-bond acceptors (Lipinski definition) is 6. The van der Waals surface area contributed by atoms with Gasteiger partial charge in [0.15, 0.2) is 0 Å². The van der Waals surface area contributed by atoms with E-state index in [1.54, 1.807) is 17.0 Å². The molecule has 1 fully saturated rings. The molecule has 2 aromatic rings. The molecular weight excluding hydrogens is 300 g/mol. The van der Waals surface area contributed by atoms with E-state index in [-0.39, 0.29) is 11.7 Å². The number of furan rings is 2. The first-order chi connectivity index (χ1) is 11.2. The van der Waals surface area contributed by atoms with E-state index in [1.807, 2.05) is 0 Å². The number of esters is 1. The number of methoxy groups -OCH3 is 1. The average Bonchev–Trinajstić information content (AvgIpc) is 3.26. The zero-order valence-corrected chi connectivity index (χ0v) is 12.9. The highest BCUT2D eigenvalue weighted by molar-refractivity contribution is 5.93. The largest absolute Gasteiger partial charge is 0.472 e. The van der Waals surface area contributed by atoms with E-state index in [0.29, 0.717) is 25.2 Å². The van der Waals surface area contributed by atoms with Crippen molar-refractivity contribution in [2.24, 2.45) is 0 Å². The smallest absolute Gasteiger partial charge is 0.374 e. The van der Waals surface area contributed by atoms with Gasteiger partial charge in [0.05, 0.1) is 25.2 Å². The van der Waals surface area contributed by atoms with E-state index in [1.165, 1.54) is 25.9 Å². The van der Waals surface area contributed by atoms with Crippen LogP contribution in [0, 0.1) is 0 Å². The van der Waals surface area contributed by atoms with Crippen LogP contribution in [0.2, 0.25) is 0 Å². The predicted molar refractivity (Wildman–Crippen MR) is 79.9 cm³/mol. The zero-order chi connectivity index (χ0) is 16.2. The fourth-order valence-electron chi connectivity index (χ4n) is 2.65. The molecule has 1 saturated heterocycles. The number of amides is 1. The maximum atomic E-state index is 12.2. The summed E-state index contributed by atoms with van der Waals surface area (Å²) in [7, 11) is 1.33. The molecule has 2 aromatic heterocycles. The standard InChI is InChI=1S/C16H18N2O5/c1-21-16(20)14-12(3-9-23-14)10-17-4-6-18(7-5-17)15(19)13-2-8-22-11-13/h2-3,8-9,11H,4-7,10H2,1H3. The van der Waals surface area contributed by atoms with Crippen LogP contribution in [-0.2, 0) is 11.3 Å². The molecule has 0 unspecified atom stereocenters. The van der Waals surface area contributed by atoms with Gasteiger partial charge in [-0.3, -0.25) is 9.69 Å². The Bertz CT molecular complexity index is 668. The van der Waals surface area contributed by atoms with Gasteiger partial charge in [-0.1, -0.05) is 0 Å². The van der Waals surface area contributed by atoms with Crippen LogP contribution in [0.4, 0.5) is 0 Å². The molecule has 3 heterocycles. The third kappa shape index (κ3) is 3.29. The topological polar surface area (TPSA) is 76.1 Å². The van der Waals surface area contributed by atoms with Crippen LogP contribution in [-0.4, -0.2) is 55.0 Å². The Hall–Kier alpha value is -2.54. The van der Waals surface area contributed by atoms with Gasteiger partial charge < -0.3 is 18.5 Å². The number of carbonyl (C=O) groups is 2. The lowest BCUT2D eigenvalue weighted by atomic mass is 10.2. The second-order valence-corrected chi connectivity index (χ2v) is 5.35. The second kappa shape index (κ2) is 6.70. The molecule has 0 atom stereocenters. The van der Waals surface area contributed by atoms with Crippen LogP contribution >= 0.6 is 0 Å². The van der Waals surface area contributed by atoms with E-state index in [4.69, 9.17) is 13.6 Å². The Labute approximate surface area is 133 Å². The lowest BCUT2D eigenvalue weighted by Crippen LogP contribution is -2.48. The SMILES string of the molecule is COC(=O)c1occc1CN1CCN(C(=O)c2ccoc2)CC1. The van der Waals surface area contributed by atoms with Gasteiger partial charge in [0.2, 0.25) is 5.76 Å². The summed E-state index contributed by atoms with van der Waals surface area (Å²) in [6, 6.07) is 3.44. The number of nitrogens with zero attached hydrogens (tertiary/aromatic N) is 2. The average molecular weight is 318 g/mol. The lowest BCUT2D eigenvalue weighted by Gasteiger charge is -2.34. The minimum atomic E-state index is -0.473. The first kappa shape index (κ1) is 15.4. The van der Waals surface area contributed by atoms with Gasteiger partial charge >= 0.3 is 5.97 Å². The zero-order valence-electron chi connectivity index (χ0n) is 12.9. The molecule has 1 aliphatic rings. The molecule has 3 rings (SSSR count). The van der Waals surface area contributed by atoms with E-state index >= 15 is 0 Å². The highest BCUT2D eigenvalue weighted by atomic mass is 16.5. The highest BCUT2D eigenvalue weighted by Gasteiger charge is 2.24. The summed E-state index contributed by atoms with van der Waals surface area (Å²) in [6.45, 7) is 3.32. The molecule has 23 heavy (non-hydrogen) atoms. The third-order valence-electron chi connectivity index (χ3n) is 3.94. The van der Waals surface area contributed by atoms with Gasteiger partial charge in [0, 0.05) is 38.3 Å². The van der Waals surface area contributed by atoms with Crippen molar-refractivity contribution < 1.29 is 23.2 Å². The monoisotopic (exact) mass is 318 g/mol. The Morgan fingerprint density at radius 1 is 1.17 bits per heavy atom. The van der Waals surface area contributed by atoms with Crippen molar-refractivity contribution in [3.05, 3.63) is 47.8 Å². The van der Waals surface area contributed by atoms with Gasteiger partial charge in [0.1, 0.15) is 6.26 Å². The number of hydrogen-bond donors (Lipinski definition) is 0. The van der Waals surface area contributed by atoms with E-state index in [0.717, 1.165) is 18.7 Å². The number of piperazine rings is 1. The summed E-state index contributed by atoms with van der Waals surface area (Å²) in [5, 5.41) is 0. The van der Waals surface area contributed by atoms with Gasteiger partial charge in [0.25, 0.3) is 5.91 Å². The second-order valence-electron chi connectivity index (χ2n) is 5.35. The van der Waals surface area contributed by atoms with E-state index in [2.05, 4.69) is 4.90 Å². The Morgan fingerprint density at radius 3 is 2.61 bits per heavy atom. The molecule has 0 aliphatic carbocycles. The molecule has 0 N–H and O–H groups in total. The molecule has 0 radical (unpaired) electrons. The van der Waals surface area contributed by atoms with E-state index in [9.17, 15) is 9.59 Å². The van der Waals surface area contributed by atoms with E-state index < -0.39 is 5.97 Å². The highest BCUT2D eigenvalue weighted by Crippen LogP contribution is 2.16. The van der Waals surface area contributed by atoms with Crippen molar-refractivity contribution >= 4 is 11.9 Å². The maximum absolute atomic E-state index is 12.2. The number of rotatable bonds is 4. The summed E-state index contributed by atoms with van der Waals surface area (Å²) in [6.07, 6.45) is 4.44. The number of ether oxygens (including phenoxy) is 1. The van der Waals surface area contributed by atoms with Gasteiger partial charge in [-0.15, -0.1) is 0 Å². The predicted octanol–water partition coefficient (Wildman–Crippen LogP) is 1.62. The van der Waals surface area contributed by atoms with Crippen LogP contribution in [0.1, 0.15) is 26.5 Å².